The van der Waals surface area contributed by atoms with Crippen molar-refractivity contribution in [3.8, 4) is 0 Å². The Hall–Kier alpha value is -0.340. The van der Waals surface area contributed by atoms with Gasteiger partial charge in [0, 0.05) is 13.1 Å². The summed E-state index contributed by atoms with van der Waals surface area (Å²) in [6.45, 7) is 6.44. The smallest absolute Gasteiger partial charge is 0.0685 e. The zero-order chi connectivity index (χ0) is 6.53. The lowest BCUT2D eigenvalue weighted by atomic mass is 10.3. The van der Waals surface area contributed by atoms with Gasteiger partial charge in [-0.25, -0.2) is 0 Å². The second-order valence-electron chi connectivity index (χ2n) is 2.22. The number of hydroxylamine groups is 2. The van der Waals surface area contributed by atoms with Crippen LogP contribution in [-0.4, -0.2) is 24.8 Å². The summed E-state index contributed by atoms with van der Waals surface area (Å²) in [6.07, 6.45) is 4.33. The number of hydrogen-bond acceptors (Lipinski definition) is 2. The highest BCUT2D eigenvalue weighted by Gasteiger charge is 2.07. The zero-order valence-electron chi connectivity index (χ0n) is 5.68. The molecule has 1 aliphatic heterocycles. The standard InChI is InChI=1S/C7H13NO/c1-2-5-8-6-3-4-7-9-8/h2H,1,3-7H2. The fourth-order valence-corrected chi connectivity index (χ4v) is 0.936. The maximum atomic E-state index is 5.28. The van der Waals surface area contributed by atoms with Crippen molar-refractivity contribution in [2.45, 2.75) is 12.8 Å². The summed E-state index contributed by atoms with van der Waals surface area (Å²) in [5.41, 5.74) is 0. The third kappa shape index (κ3) is 2.16. The van der Waals surface area contributed by atoms with Crippen LogP contribution < -0.4 is 0 Å². The van der Waals surface area contributed by atoms with Crippen molar-refractivity contribution in [3.63, 3.8) is 0 Å². The van der Waals surface area contributed by atoms with Crippen molar-refractivity contribution in [1.82, 2.24) is 5.06 Å². The topological polar surface area (TPSA) is 12.5 Å². The van der Waals surface area contributed by atoms with E-state index in [1.807, 2.05) is 11.1 Å². The van der Waals surface area contributed by atoms with Crippen LogP contribution in [0.25, 0.3) is 0 Å². The lowest BCUT2D eigenvalue weighted by Gasteiger charge is -2.24. The van der Waals surface area contributed by atoms with Gasteiger partial charge in [-0.15, -0.1) is 6.58 Å². The van der Waals surface area contributed by atoms with Crippen LogP contribution in [0.4, 0.5) is 0 Å². The molecule has 1 rings (SSSR count). The highest BCUT2D eigenvalue weighted by molar-refractivity contribution is 4.70. The van der Waals surface area contributed by atoms with Crippen LogP contribution in [0.15, 0.2) is 12.7 Å². The van der Waals surface area contributed by atoms with Gasteiger partial charge in [0.15, 0.2) is 0 Å². The second-order valence-corrected chi connectivity index (χ2v) is 2.22. The summed E-state index contributed by atoms with van der Waals surface area (Å²) in [4.78, 5) is 5.28. The van der Waals surface area contributed by atoms with Gasteiger partial charge in [0.1, 0.15) is 0 Å². The van der Waals surface area contributed by atoms with Crippen LogP contribution >= 0.6 is 0 Å². The van der Waals surface area contributed by atoms with Gasteiger partial charge < -0.3 is 0 Å². The van der Waals surface area contributed by atoms with E-state index in [0.717, 1.165) is 19.7 Å². The van der Waals surface area contributed by atoms with Gasteiger partial charge in [-0.1, -0.05) is 6.08 Å². The van der Waals surface area contributed by atoms with E-state index < -0.39 is 0 Å². The minimum Gasteiger partial charge on any atom is -0.299 e. The van der Waals surface area contributed by atoms with Gasteiger partial charge in [-0.2, -0.15) is 5.06 Å². The van der Waals surface area contributed by atoms with Crippen molar-refractivity contribution in [2.24, 2.45) is 0 Å². The first-order valence-corrected chi connectivity index (χ1v) is 3.42. The molecule has 0 spiro atoms. The molecule has 0 aromatic heterocycles. The Morgan fingerprint density at radius 2 is 2.44 bits per heavy atom. The van der Waals surface area contributed by atoms with E-state index in [4.69, 9.17) is 4.84 Å². The monoisotopic (exact) mass is 127 g/mol. The zero-order valence-corrected chi connectivity index (χ0v) is 5.68. The van der Waals surface area contributed by atoms with E-state index in [1.54, 1.807) is 0 Å². The fraction of sp³-hybridized carbons (Fsp3) is 0.714. The third-order valence-electron chi connectivity index (χ3n) is 1.41. The third-order valence-corrected chi connectivity index (χ3v) is 1.41. The fourth-order valence-electron chi connectivity index (χ4n) is 0.936. The molecule has 0 atom stereocenters. The quantitative estimate of drug-likeness (QED) is 0.517. The molecule has 0 aromatic rings. The van der Waals surface area contributed by atoms with Gasteiger partial charge in [0.2, 0.25) is 0 Å². The van der Waals surface area contributed by atoms with Gasteiger partial charge in [-0.3, -0.25) is 4.84 Å². The Bertz CT molecular complexity index is 86.9. The van der Waals surface area contributed by atoms with Crippen molar-refractivity contribution >= 4 is 0 Å². The lowest BCUT2D eigenvalue weighted by Crippen LogP contribution is -2.29. The molecule has 0 aromatic carbocycles. The summed E-state index contributed by atoms with van der Waals surface area (Å²) in [7, 11) is 0. The first-order valence-electron chi connectivity index (χ1n) is 3.42. The van der Waals surface area contributed by atoms with E-state index in [-0.39, 0.29) is 0 Å². The maximum absolute atomic E-state index is 5.28. The Labute approximate surface area is 56.1 Å². The predicted octanol–water partition coefficient (Wildman–Crippen LogP) is 1.20. The molecule has 1 fully saturated rings. The van der Waals surface area contributed by atoms with Gasteiger partial charge in [-0.05, 0) is 12.8 Å². The van der Waals surface area contributed by atoms with Crippen LogP contribution in [0, 0.1) is 0 Å². The molecule has 2 heteroatoms. The lowest BCUT2D eigenvalue weighted by molar-refractivity contribution is -0.172. The van der Waals surface area contributed by atoms with Crippen LogP contribution in [0.2, 0.25) is 0 Å². The van der Waals surface area contributed by atoms with Gasteiger partial charge in [0.25, 0.3) is 0 Å². The predicted molar refractivity (Wildman–Crippen MR) is 37.0 cm³/mol. The molecule has 1 aliphatic rings. The minimum absolute atomic E-state index is 0.861. The van der Waals surface area contributed by atoms with E-state index in [2.05, 4.69) is 6.58 Å². The molecule has 1 heterocycles. The molecule has 52 valence electrons. The van der Waals surface area contributed by atoms with Crippen LogP contribution in [0.3, 0.4) is 0 Å². The summed E-state index contributed by atoms with van der Waals surface area (Å²) >= 11 is 0. The van der Waals surface area contributed by atoms with E-state index in [1.165, 1.54) is 12.8 Å². The summed E-state index contributed by atoms with van der Waals surface area (Å²) in [5.74, 6) is 0. The minimum atomic E-state index is 0.861. The molecular weight excluding hydrogens is 114 g/mol. The normalized spacial score (nSPS) is 21.8. The van der Waals surface area contributed by atoms with Gasteiger partial charge >= 0.3 is 0 Å². The molecule has 0 bridgehead atoms. The largest absolute Gasteiger partial charge is 0.299 e. The maximum Gasteiger partial charge on any atom is 0.0685 e. The molecule has 0 amide bonds. The van der Waals surface area contributed by atoms with Crippen molar-refractivity contribution < 1.29 is 4.84 Å². The van der Waals surface area contributed by atoms with E-state index >= 15 is 0 Å². The van der Waals surface area contributed by atoms with E-state index in [9.17, 15) is 0 Å². The Morgan fingerprint density at radius 1 is 1.56 bits per heavy atom. The van der Waals surface area contributed by atoms with E-state index in [0.29, 0.717) is 0 Å². The molecule has 9 heavy (non-hydrogen) atoms. The van der Waals surface area contributed by atoms with Crippen molar-refractivity contribution in [1.29, 1.82) is 0 Å². The first kappa shape index (κ1) is 6.78. The van der Waals surface area contributed by atoms with Crippen LogP contribution in [-0.2, 0) is 4.84 Å². The van der Waals surface area contributed by atoms with Crippen LogP contribution in [0.1, 0.15) is 12.8 Å². The highest BCUT2D eigenvalue weighted by atomic mass is 16.7. The molecular formula is C7H13NO. The number of hydrogen-bond donors (Lipinski definition) is 0. The molecule has 0 unspecified atom stereocenters. The average Bonchev–Trinajstić information content (AvgIpc) is 1.91. The van der Waals surface area contributed by atoms with Crippen molar-refractivity contribution in [3.05, 3.63) is 12.7 Å². The molecule has 0 radical (unpaired) electrons. The first-order chi connectivity index (χ1) is 4.43. The Morgan fingerprint density at radius 3 is 3.00 bits per heavy atom. The van der Waals surface area contributed by atoms with Crippen molar-refractivity contribution in [2.75, 3.05) is 19.7 Å². The number of nitrogens with zero attached hydrogens (tertiary/aromatic N) is 1. The molecule has 0 saturated carbocycles. The molecule has 1 saturated heterocycles. The Balaban J connectivity index is 2.15. The molecule has 0 N–H and O–H groups in total. The SMILES string of the molecule is C=CCN1CCCCO1. The highest BCUT2D eigenvalue weighted by Crippen LogP contribution is 2.04. The average molecular weight is 127 g/mol. The summed E-state index contributed by atoms with van der Waals surface area (Å²) in [5, 5.41) is 1.95. The molecule has 0 aliphatic carbocycles. The second kappa shape index (κ2) is 3.64. The number of rotatable bonds is 2. The van der Waals surface area contributed by atoms with Crippen LogP contribution in [0.5, 0.6) is 0 Å². The summed E-state index contributed by atoms with van der Waals surface area (Å²) in [6, 6.07) is 0. The molecule has 2 nitrogen and oxygen atoms in total. The Kier molecular flexibility index (Phi) is 2.74. The summed E-state index contributed by atoms with van der Waals surface area (Å²) < 4.78 is 0. The van der Waals surface area contributed by atoms with Gasteiger partial charge in [0.05, 0.1) is 6.61 Å².